The predicted molar refractivity (Wildman–Crippen MR) is 91.9 cm³/mol. The highest BCUT2D eigenvalue weighted by atomic mass is 32.1. The molecule has 4 rings (SSSR count). The molecule has 3 aromatic heterocycles. The van der Waals surface area contributed by atoms with Crippen LogP contribution in [0.2, 0.25) is 0 Å². The van der Waals surface area contributed by atoms with Crippen LogP contribution in [0.15, 0.2) is 22.3 Å². The standard InChI is InChI=1S/C15H14N4O2S2/c1-15(2)6-7(15)12(20)17-14-16-10-11(23-14)9(18-19-13(10)21)8-4-3-5-22-8/h3-5,7H,6H2,1-2H3,(H,19,21)(H,16,17,20)/t7-/m1/s1. The lowest BCUT2D eigenvalue weighted by Gasteiger charge is -2.02. The van der Waals surface area contributed by atoms with Crippen LogP contribution in [0.5, 0.6) is 0 Å². The molecule has 3 heterocycles. The maximum atomic E-state index is 12.2. The molecule has 0 unspecified atom stereocenters. The Labute approximate surface area is 139 Å². The minimum Gasteiger partial charge on any atom is -0.302 e. The number of thiophene rings is 1. The maximum absolute atomic E-state index is 12.2. The van der Waals surface area contributed by atoms with E-state index >= 15 is 0 Å². The van der Waals surface area contributed by atoms with Crippen molar-refractivity contribution in [2.75, 3.05) is 5.32 Å². The number of amides is 1. The van der Waals surface area contributed by atoms with Crippen molar-refractivity contribution in [2.24, 2.45) is 11.3 Å². The summed E-state index contributed by atoms with van der Waals surface area (Å²) in [7, 11) is 0. The van der Waals surface area contributed by atoms with Gasteiger partial charge in [-0.2, -0.15) is 5.10 Å². The van der Waals surface area contributed by atoms with Crippen molar-refractivity contribution in [1.29, 1.82) is 0 Å². The van der Waals surface area contributed by atoms with Crippen LogP contribution in [0, 0.1) is 11.3 Å². The zero-order valence-electron chi connectivity index (χ0n) is 12.5. The quantitative estimate of drug-likeness (QED) is 0.763. The molecule has 0 aliphatic heterocycles. The lowest BCUT2D eigenvalue weighted by Crippen LogP contribution is -2.16. The fourth-order valence-electron chi connectivity index (χ4n) is 2.59. The van der Waals surface area contributed by atoms with Gasteiger partial charge in [0.1, 0.15) is 5.69 Å². The fraction of sp³-hybridized carbons (Fsp3) is 0.333. The first-order chi connectivity index (χ1) is 11.0. The van der Waals surface area contributed by atoms with Gasteiger partial charge in [-0.25, -0.2) is 10.1 Å². The first kappa shape index (κ1) is 14.5. The van der Waals surface area contributed by atoms with Gasteiger partial charge in [-0.15, -0.1) is 11.3 Å². The number of anilines is 1. The van der Waals surface area contributed by atoms with E-state index in [2.05, 4.69) is 34.3 Å². The lowest BCUT2D eigenvalue weighted by molar-refractivity contribution is -0.117. The summed E-state index contributed by atoms with van der Waals surface area (Å²) in [6.07, 6.45) is 0.881. The Balaban J connectivity index is 1.73. The van der Waals surface area contributed by atoms with Crippen molar-refractivity contribution >= 4 is 43.9 Å². The number of hydrogen-bond donors (Lipinski definition) is 2. The highest BCUT2D eigenvalue weighted by Gasteiger charge is 2.50. The summed E-state index contributed by atoms with van der Waals surface area (Å²) < 4.78 is 0.696. The fourth-order valence-corrected chi connectivity index (χ4v) is 4.34. The van der Waals surface area contributed by atoms with Gasteiger partial charge in [0.15, 0.2) is 10.6 Å². The third-order valence-corrected chi connectivity index (χ3v) is 6.00. The van der Waals surface area contributed by atoms with Crippen LogP contribution in [0.25, 0.3) is 20.8 Å². The van der Waals surface area contributed by atoms with Crippen molar-refractivity contribution in [1.82, 2.24) is 15.2 Å². The predicted octanol–water partition coefficient (Wildman–Crippen LogP) is 3.09. The third kappa shape index (κ3) is 2.47. The average molecular weight is 346 g/mol. The average Bonchev–Trinajstić information content (AvgIpc) is 2.92. The molecular formula is C15H14N4O2S2. The summed E-state index contributed by atoms with van der Waals surface area (Å²) in [6.45, 7) is 4.14. The van der Waals surface area contributed by atoms with E-state index in [9.17, 15) is 9.59 Å². The summed E-state index contributed by atoms with van der Waals surface area (Å²) in [5.41, 5.74) is 0.726. The SMILES string of the molecule is CC1(C)C[C@@H]1C(=O)Nc1nc2c(=O)[nH]nc(-c3cccs3)c2s1. The summed E-state index contributed by atoms with van der Waals surface area (Å²) >= 11 is 2.83. The molecule has 0 bridgehead atoms. The Hall–Kier alpha value is -2.06. The molecule has 8 heteroatoms. The van der Waals surface area contributed by atoms with E-state index in [1.54, 1.807) is 11.3 Å². The zero-order valence-corrected chi connectivity index (χ0v) is 14.2. The number of rotatable bonds is 3. The maximum Gasteiger partial charge on any atom is 0.291 e. The molecule has 118 valence electrons. The van der Waals surface area contributed by atoms with Crippen LogP contribution in [0.3, 0.4) is 0 Å². The molecule has 1 amide bonds. The minimum absolute atomic E-state index is 0.0164. The topological polar surface area (TPSA) is 87.7 Å². The molecule has 1 aliphatic rings. The van der Waals surface area contributed by atoms with Crippen molar-refractivity contribution in [3.05, 3.63) is 27.9 Å². The molecule has 2 N–H and O–H groups in total. The molecule has 1 aliphatic carbocycles. The smallest absolute Gasteiger partial charge is 0.291 e. The summed E-state index contributed by atoms with van der Waals surface area (Å²) in [6, 6.07) is 3.87. The van der Waals surface area contributed by atoms with Crippen LogP contribution in [-0.2, 0) is 4.79 Å². The van der Waals surface area contributed by atoms with E-state index in [0.29, 0.717) is 21.0 Å². The second kappa shape index (κ2) is 4.97. The van der Waals surface area contributed by atoms with Gasteiger partial charge in [0.05, 0.1) is 9.58 Å². The Morgan fingerprint density at radius 1 is 1.48 bits per heavy atom. The van der Waals surface area contributed by atoms with Crippen LogP contribution in [-0.4, -0.2) is 21.1 Å². The van der Waals surface area contributed by atoms with E-state index in [1.165, 1.54) is 11.3 Å². The van der Waals surface area contributed by atoms with Gasteiger partial charge >= 0.3 is 0 Å². The number of carbonyl (C=O) groups excluding carboxylic acids is 1. The number of nitrogens with one attached hydrogen (secondary N) is 2. The van der Waals surface area contributed by atoms with E-state index in [0.717, 1.165) is 11.3 Å². The normalized spacial score (nSPS) is 19.0. The highest BCUT2D eigenvalue weighted by molar-refractivity contribution is 7.23. The number of aromatic amines is 1. The number of H-pyrrole nitrogens is 1. The Morgan fingerprint density at radius 3 is 2.91 bits per heavy atom. The summed E-state index contributed by atoms with van der Waals surface area (Å²) in [4.78, 5) is 29.4. The third-order valence-electron chi connectivity index (χ3n) is 4.14. The minimum atomic E-state index is -0.344. The molecule has 3 aromatic rings. The number of carbonyl (C=O) groups is 1. The largest absolute Gasteiger partial charge is 0.302 e. The first-order valence-corrected chi connectivity index (χ1v) is 8.89. The van der Waals surface area contributed by atoms with E-state index in [4.69, 9.17) is 0 Å². The van der Waals surface area contributed by atoms with Crippen molar-refractivity contribution in [3.8, 4) is 10.6 Å². The number of fused-ring (bicyclic) bond motifs is 1. The monoisotopic (exact) mass is 346 g/mol. The van der Waals surface area contributed by atoms with Gasteiger partial charge in [0.2, 0.25) is 5.91 Å². The van der Waals surface area contributed by atoms with Crippen LogP contribution >= 0.6 is 22.7 Å². The summed E-state index contributed by atoms with van der Waals surface area (Å²) in [5, 5.41) is 11.9. The first-order valence-electron chi connectivity index (χ1n) is 7.20. The van der Waals surface area contributed by atoms with Gasteiger partial charge in [-0.05, 0) is 23.3 Å². The molecule has 1 fully saturated rings. The molecule has 0 radical (unpaired) electrons. The number of thiazole rings is 1. The second-order valence-electron chi connectivity index (χ2n) is 6.31. The van der Waals surface area contributed by atoms with Gasteiger partial charge in [-0.1, -0.05) is 31.3 Å². The van der Waals surface area contributed by atoms with Crippen molar-refractivity contribution < 1.29 is 4.79 Å². The summed E-state index contributed by atoms with van der Waals surface area (Å²) in [5.74, 6) is -0.0150. The van der Waals surface area contributed by atoms with Crippen molar-refractivity contribution in [3.63, 3.8) is 0 Å². The number of aromatic nitrogens is 3. The van der Waals surface area contributed by atoms with Crippen LogP contribution < -0.4 is 10.9 Å². The number of hydrogen-bond acceptors (Lipinski definition) is 6. The van der Waals surface area contributed by atoms with Crippen LogP contribution in [0.4, 0.5) is 5.13 Å². The Morgan fingerprint density at radius 2 is 2.26 bits per heavy atom. The van der Waals surface area contributed by atoms with Gasteiger partial charge < -0.3 is 5.32 Å². The molecule has 0 aromatic carbocycles. The molecule has 1 saturated carbocycles. The molecular weight excluding hydrogens is 332 g/mol. The van der Waals surface area contributed by atoms with Gasteiger partial charge in [-0.3, -0.25) is 9.59 Å². The van der Waals surface area contributed by atoms with E-state index < -0.39 is 0 Å². The molecule has 1 atom stereocenters. The Kier molecular flexibility index (Phi) is 3.14. The van der Waals surface area contributed by atoms with E-state index in [-0.39, 0.29) is 22.8 Å². The van der Waals surface area contributed by atoms with Crippen molar-refractivity contribution in [2.45, 2.75) is 20.3 Å². The highest BCUT2D eigenvalue weighted by Crippen LogP contribution is 2.52. The second-order valence-corrected chi connectivity index (χ2v) is 8.26. The molecule has 23 heavy (non-hydrogen) atoms. The molecule has 0 saturated heterocycles. The zero-order chi connectivity index (χ0) is 16.2. The van der Waals surface area contributed by atoms with Gasteiger partial charge in [0, 0.05) is 5.92 Å². The molecule has 0 spiro atoms. The van der Waals surface area contributed by atoms with Crippen LogP contribution in [0.1, 0.15) is 20.3 Å². The van der Waals surface area contributed by atoms with Gasteiger partial charge in [0.25, 0.3) is 5.56 Å². The lowest BCUT2D eigenvalue weighted by atomic mass is 10.1. The van der Waals surface area contributed by atoms with E-state index in [1.807, 2.05) is 17.5 Å². The molecule has 6 nitrogen and oxygen atoms in total. The number of nitrogens with zero attached hydrogens (tertiary/aromatic N) is 2. The Bertz CT molecular complexity index is 956.